The highest BCUT2D eigenvalue weighted by molar-refractivity contribution is 6.30. The molecule has 0 saturated carbocycles. The van der Waals surface area contributed by atoms with Crippen LogP contribution in [-0.2, 0) is 11.2 Å². The van der Waals surface area contributed by atoms with Crippen molar-refractivity contribution in [3.05, 3.63) is 46.6 Å². The van der Waals surface area contributed by atoms with E-state index in [0.29, 0.717) is 11.6 Å². The van der Waals surface area contributed by atoms with Crippen LogP contribution in [0, 0.1) is 11.3 Å². The first-order chi connectivity index (χ1) is 9.81. The first-order valence-corrected chi connectivity index (χ1v) is 7.10. The molecule has 0 aromatic heterocycles. The van der Waals surface area contributed by atoms with Crippen molar-refractivity contribution in [3.8, 4) is 6.07 Å². The summed E-state index contributed by atoms with van der Waals surface area (Å²) in [7, 11) is 0. The van der Waals surface area contributed by atoms with Crippen LogP contribution in [-0.4, -0.2) is 18.0 Å². The number of carbonyl (C=O) groups is 1. The molecule has 5 heteroatoms. The number of nitrogens with one attached hydrogen (secondary N) is 2. The number of nitriles is 1. The fourth-order valence-electron chi connectivity index (χ4n) is 1.60. The lowest BCUT2D eigenvalue weighted by Crippen LogP contribution is -2.41. The van der Waals surface area contributed by atoms with E-state index >= 15 is 0 Å². The molecular weight excluding hydrogens is 286 g/mol. The zero-order chi connectivity index (χ0) is 15.9. The molecule has 2 N–H and O–H groups in total. The minimum atomic E-state index is -0.371. The number of benzene rings is 1. The predicted octanol–water partition coefficient (Wildman–Crippen LogP) is 2.79. The lowest BCUT2D eigenvalue weighted by Gasteiger charge is -2.20. The summed E-state index contributed by atoms with van der Waals surface area (Å²) in [5.41, 5.74) is 0.843. The maximum absolute atomic E-state index is 11.8. The molecule has 1 amide bonds. The fraction of sp³-hybridized carbons (Fsp3) is 0.375. The van der Waals surface area contributed by atoms with Crippen molar-refractivity contribution in [3.63, 3.8) is 0 Å². The van der Waals surface area contributed by atoms with Crippen LogP contribution in [0.1, 0.15) is 26.3 Å². The van der Waals surface area contributed by atoms with Gasteiger partial charge in [-0.15, -0.1) is 0 Å². The first-order valence-electron chi connectivity index (χ1n) is 6.72. The Balaban J connectivity index is 2.48. The van der Waals surface area contributed by atoms with Crippen molar-refractivity contribution in [1.29, 1.82) is 5.26 Å². The minimum absolute atomic E-state index is 0.0704. The fourth-order valence-corrected chi connectivity index (χ4v) is 1.72. The summed E-state index contributed by atoms with van der Waals surface area (Å²) in [4.78, 5) is 11.8. The van der Waals surface area contributed by atoms with Gasteiger partial charge >= 0.3 is 0 Å². The van der Waals surface area contributed by atoms with Crippen molar-refractivity contribution in [1.82, 2.24) is 10.6 Å². The Labute approximate surface area is 130 Å². The molecule has 0 bridgehead atoms. The summed E-state index contributed by atoms with van der Waals surface area (Å²) in [5, 5.41) is 15.5. The Morgan fingerprint density at radius 1 is 1.33 bits per heavy atom. The quantitative estimate of drug-likeness (QED) is 0.499. The zero-order valence-electron chi connectivity index (χ0n) is 12.5. The number of amides is 1. The standard InChI is InChI=1S/C16H20ClN3O/c1-16(2,3)20-15(21)13(10-18)11-19-9-8-12-4-6-14(17)7-5-12/h4-7,11,19H,8-9H2,1-3H3,(H,20,21)/b13-11-. The van der Waals surface area contributed by atoms with Crippen LogP contribution in [0.15, 0.2) is 36.0 Å². The second-order valence-electron chi connectivity index (χ2n) is 5.70. The second kappa shape index (κ2) is 7.70. The van der Waals surface area contributed by atoms with Gasteiger partial charge in [0, 0.05) is 23.3 Å². The van der Waals surface area contributed by atoms with Gasteiger partial charge in [0.2, 0.25) is 0 Å². The third kappa shape index (κ3) is 6.82. The van der Waals surface area contributed by atoms with E-state index in [-0.39, 0.29) is 17.0 Å². The van der Waals surface area contributed by atoms with E-state index in [2.05, 4.69) is 10.6 Å². The SMILES string of the molecule is CC(C)(C)NC(=O)/C(C#N)=C\NCCc1ccc(Cl)cc1. The highest BCUT2D eigenvalue weighted by atomic mass is 35.5. The molecule has 112 valence electrons. The topological polar surface area (TPSA) is 64.9 Å². The van der Waals surface area contributed by atoms with E-state index in [9.17, 15) is 4.79 Å². The van der Waals surface area contributed by atoms with E-state index in [4.69, 9.17) is 16.9 Å². The van der Waals surface area contributed by atoms with Gasteiger partial charge in [-0.25, -0.2) is 0 Å². The second-order valence-corrected chi connectivity index (χ2v) is 6.14. The molecule has 0 aliphatic rings. The van der Waals surface area contributed by atoms with Gasteiger partial charge in [-0.3, -0.25) is 4.79 Å². The molecule has 0 fully saturated rings. The molecular formula is C16H20ClN3O. The molecule has 0 radical (unpaired) electrons. The molecule has 21 heavy (non-hydrogen) atoms. The van der Waals surface area contributed by atoms with Gasteiger partial charge in [0.15, 0.2) is 0 Å². The predicted molar refractivity (Wildman–Crippen MR) is 84.8 cm³/mol. The normalized spacial score (nSPS) is 11.7. The molecule has 0 saturated heterocycles. The third-order valence-electron chi connectivity index (χ3n) is 2.57. The van der Waals surface area contributed by atoms with Crippen molar-refractivity contribution < 1.29 is 4.79 Å². The number of halogens is 1. The van der Waals surface area contributed by atoms with E-state index in [1.807, 2.05) is 51.1 Å². The highest BCUT2D eigenvalue weighted by Crippen LogP contribution is 2.09. The van der Waals surface area contributed by atoms with Gasteiger partial charge in [-0.05, 0) is 44.9 Å². The molecule has 0 aliphatic heterocycles. The van der Waals surface area contributed by atoms with E-state index < -0.39 is 0 Å². The van der Waals surface area contributed by atoms with E-state index in [1.165, 1.54) is 6.20 Å². The molecule has 0 unspecified atom stereocenters. The summed E-state index contributed by atoms with van der Waals surface area (Å²) in [6.45, 7) is 6.24. The highest BCUT2D eigenvalue weighted by Gasteiger charge is 2.16. The van der Waals surface area contributed by atoms with Crippen LogP contribution in [0.4, 0.5) is 0 Å². The maximum atomic E-state index is 11.8. The average molecular weight is 306 g/mol. The lowest BCUT2D eigenvalue weighted by molar-refractivity contribution is -0.118. The molecule has 1 aromatic carbocycles. The van der Waals surface area contributed by atoms with Gasteiger partial charge in [0.1, 0.15) is 11.6 Å². The maximum Gasteiger partial charge on any atom is 0.263 e. The molecule has 0 spiro atoms. The Hall–Kier alpha value is -1.99. The summed E-state index contributed by atoms with van der Waals surface area (Å²) in [6.07, 6.45) is 2.24. The van der Waals surface area contributed by atoms with Gasteiger partial charge < -0.3 is 10.6 Å². The monoisotopic (exact) mass is 305 g/mol. The van der Waals surface area contributed by atoms with Crippen LogP contribution < -0.4 is 10.6 Å². The number of rotatable bonds is 5. The number of carbonyl (C=O) groups excluding carboxylic acids is 1. The van der Waals surface area contributed by atoms with Crippen molar-refractivity contribution >= 4 is 17.5 Å². The molecule has 1 aromatic rings. The first kappa shape index (κ1) is 17.1. The van der Waals surface area contributed by atoms with Gasteiger partial charge in [-0.1, -0.05) is 23.7 Å². The molecule has 0 aliphatic carbocycles. The molecule has 1 rings (SSSR count). The lowest BCUT2D eigenvalue weighted by atomic mass is 10.1. The molecule has 4 nitrogen and oxygen atoms in total. The van der Waals surface area contributed by atoms with E-state index in [0.717, 1.165) is 12.0 Å². The van der Waals surface area contributed by atoms with Crippen molar-refractivity contribution in [2.45, 2.75) is 32.7 Å². The van der Waals surface area contributed by atoms with Crippen LogP contribution >= 0.6 is 11.6 Å². The number of nitrogens with zero attached hydrogens (tertiary/aromatic N) is 1. The molecule has 0 heterocycles. The largest absolute Gasteiger partial charge is 0.389 e. The summed E-state index contributed by atoms with van der Waals surface area (Å²) in [6, 6.07) is 9.47. The van der Waals surface area contributed by atoms with E-state index in [1.54, 1.807) is 0 Å². The van der Waals surface area contributed by atoms with Crippen LogP contribution in [0.2, 0.25) is 5.02 Å². The Morgan fingerprint density at radius 2 is 1.95 bits per heavy atom. The van der Waals surface area contributed by atoms with Crippen LogP contribution in [0.25, 0.3) is 0 Å². The smallest absolute Gasteiger partial charge is 0.263 e. The van der Waals surface area contributed by atoms with Crippen LogP contribution in [0.3, 0.4) is 0 Å². The molecule has 0 atom stereocenters. The summed E-state index contributed by atoms with van der Waals surface area (Å²) in [5.74, 6) is -0.371. The van der Waals surface area contributed by atoms with Crippen molar-refractivity contribution in [2.24, 2.45) is 0 Å². The van der Waals surface area contributed by atoms with Gasteiger partial charge in [0.25, 0.3) is 5.91 Å². The number of hydrogen-bond acceptors (Lipinski definition) is 3. The minimum Gasteiger partial charge on any atom is -0.389 e. The Bertz CT molecular complexity index is 550. The Kier molecular flexibility index (Phi) is 6.26. The zero-order valence-corrected chi connectivity index (χ0v) is 13.3. The van der Waals surface area contributed by atoms with Crippen molar-refractivity contribution in [2.75, 3.05) is 6.54 Å². The average Bonchev–Trinajstić information content (AvgIpc) is 2.38. The summed E-state index contributed by atoms with van der Waals surface area (Å²) < 4.78 is 0. The Morgan fingerprint density at radius 3 is 2.48 bits per heavy atom. The van der Waals surface area contributed by atoms with Crippen LogP contribution in [0.5, 0.6) is 0 Å². The summed E-state index contributed by atoms with van der Waals surface area (Å²) >= 11 is 5.82. The number of hydrogen-bond donors (Lipinski definition) is 2. The van der Waals surface area contributed by atoms with Gasteiger partial charge in [-0.2, -0.15) is 5.26 Å². The van der Waals surface area contributed by atoms with Gasteiger partial charge in [0.05, 0.1) is 0 Å². The third-order valence-corrected chi connectivity index (χ3v) is 2.82.